The van der Waals surface area contributed by atoms with E-state index in [0.29, 0.717) is 6.42 Å². The molecule has 2 aromatic carbocycles. The second-order valence-corrected chi connectivity index (χ2v) is 6.53. The Morgan fingerprint density at radius 3 is 2.08 bits per heavy atom. The zero-order valence-electron chi connectivity index (χ0n) is 14.3. The predicted octanol–water partition coefficient (Wildman–Crippen LogP) is 4.18. The van der Waals surface area contributed by atoms with Gasteiger partial charge in [-0.25, -0.2) is 0 Å². The van der Waals surface area contributed by atoms with E-state index in [0.717, 1.165) is 54.8 Å². The molecule has 1 heterocycles. The number of amides is 1. The van der Waals surface area contributed by atoms with Crippen LogP contribution < -0.4 is 10.6 Å². The number of alkyl halides is 3. The van der Waals surface area contributed by atoms with Gasteiger partial charge >= 0.3 is 6.18 Å². The summed E-state index contributed by atoms with van der Waals surface area (Å²) in [5, 5.41) is 6.05. The van der Waals surface area contributed by atoms with E-state index in [1.807, 2.05) is 24.3 Å². The number of carbonyl (C=O) groups is 1. The van der Waals surface area contributed by atoms with Crippen molar-refractivity contribution < 1.29 is 18.0 Å². The van der Waals surface area contributed by atoms with Crippen molar-refractivity contribution in [1.82, 2.24) is 5.32 Å². The van der Waals surface area contributed by atoms with Crippen LogP contribution in [0.1, 0.15) is 29.5 Å². The molecular formula is C20H21F3N2O. The number of aryl methyl sites for hydroxylation is 2. The molecular weight excluding hydrogens is 341 g/mol. The van der Waals surface area contributed by atoms with Crippen molar-refractivity contribution in [2.75, 3.05) is 11.9 Å². The molecule has 6 heteroatoms. The largest absolute Gasteiger partial charge is 0.416 e. The first-order chi connectivity index (χ1) is 12.4. The first kappa shape index (κ1) is 18.5. The Hall–Kier alpha value is -2.34. The molecule has 3 nitrogen and oxygen atoms in total. The van der Waals surface area contributed by atoms with Gasteiger partial charge in [0.25, 0.3) is 0 Å². The van der Waals surface area contributed by atoms with Gasteiger partial charge < -0.3 is 10.6 Å². The summed E-state index contributed by atoms with van der Waals surface area (Å²) >= 11 is 0. The van der Waals surface area contributed by atoms with Crippen LogP contribution in [0.4, 0.5) is 18.9 Å². The number of anilines is 1. The fourth-order valence-electron chi connectivity index (χ4n) is 3.04. The molecule has 1 aliphatic heterocycles. The van der Waals surface area contributed by atoms with Crippen molar-refractivity contribution in [3.63, 3.8) is 0 Å². The fourth-order valence-corrected chi connectivity index (χ4v) is 3.04. The molecule has 0 radical (unpaired) electrons. The van der Waals surface area contributed by atoms with Crippen LogP contribution in [0, 0.1) is 0 Å². The maximum atomic E-state index is 12.6. The van der Waals surface area contributed by atoms with Crippen LogP contribution in [0.15, 0.2) is 48.5 Å². The van der Waals surface area contributed by atoms with E-state index in [9.17, 15) is 18.0 Å². The molecule has 1 aliphatic rings. The lowest BCUT2D eigenvalue weighted by Crippen LogP contribution is -2.35. The molecule has 26 heavy (non-hydrogen) atoms. The van der Waals surface area contributed by atoms with Gasteiger partial charge in [-0.15, -0.1) is 0 Å². The number of halogens is 3. The molecule has 0 spiro atoms. The average molecular weight is 362 g/mol. The molecule has 1 amide bonds. The van der Waals surface area contributed by atoms with Gasteiger partial charge in [-0.2, -0.15) is 13.2 Å². The number of benzene rings is 2. The molecule has 1 fully saturated rings. The van der Waals surface area contributed by atoms with Gasteiger partial charge in [0, 0.05) is 5.69 Å². The number of rotatable bonds is 5. The van der Waals surface area contributed by atoms with E-state index >= 15 is 0 Å². The highest BCUT2D eigenvalue weighted by molar-refractivity contribution is 5.95. The van der Waals surface area contributed by atoms with Gasteiger partial charge in [-0.3, -0.25) is 4.79 Å². The summed E-state index contributed by atoms with van der Waals surface area (Å²) in [5.74, 6) is -0.0139. The fraction of sp³-hybridized carbons (Fsp3) is 0.350. The molecule has 0 aliphatic carbocycles. The number of hydrogen-bond donors (Lipinski definition) is 2. The third-order valence-electron chi connectivity index (χ3n) is 4.58. The van der Waals surface area contributed by atoms with Crippen LogP contribution in [0.2, 0.25) is 0 Å². The second-order valence-electron chi connectivity index (χ2n) is 6.53. The van der Waals surface area contributed by atoms with E-state index in [-0.39, 0.29) is 11.9 Å². The van der Waals surface area contributed by atoms with Gasteiger partial charge in [-0.05, 0) is 67.6 Å². The molecule has 1 atom stereocenters. The molecule has 2 N–H and O–H groups in total. The van der Waals surface area contributed by atoms with Crippen molar-refractivity contribution >= 4 is 11.6 Å². The summed E-state index contributed by atoms with van der Waals surface area (Å²) in [7, 11) is 0. The van der Waals surface area contributed by atoms with Crippen molar-refractivity contribution in [3.8, 4) is 0 Å². The SMILES string of the molecule is O=C(Nc1ccc(CCc2ccc(C(F)(F)F)cc2)cc1)C1CCCN1. The predicted molar refractivity (Wildman–Crippen MR) is 94.9 cm³/mol. The highest BCUT2D eigenvalue weighted by Crippen LogP contribution is 2.29. The minimum absolute atomic E-state index is 0.0139. The standard InChI is InChI=1S/C20H21F3N2O/c21-20(22,23)16-9-5-14(6-10-16)3-4-15-7-11-17(12-8-15)25-19(26)18-2-1-13-24-18/h5-12,18,24H,1-4,13H2,(H,25,26). The van der Waals surface area contributed by atoms with E-state index in [4.69, 9.17) is 0 Å². The Labute approximate surface area is 150 Å². The highest BCUT2D eigenvalue weighted by atomic mass is 19.4. The van der Waals surface area contributed by atoms with Crippen molar-refractivity contribution in [3.05, 3.63) is 65.2 Å². The van der Waals surface area contributed by atoms with E-state index < -0.39 is 11.7 Å². The van der Waals surface area contributed by atoms with Gasteiger partial charge in [0.15, 0.2) is 0 Å². The Balaban J connectivity index is 1.52. The summed E-state index contributed by atoms with van der Waals surface area (Å²) in [5.41, 5.74) is 2.06. The number of nitrogens with one attached hydrogen (secondary N) is 2. The molecule has 0 aromatic heterocycles. The van der Waals surface area contributed by atoms with Crippen LogP contribution in [0.3, 0.4) is 0 Å². The lowest BCUT2D eigenvalue weighted by atomic mass is 10.0. The second kappa shape index (κ2) is 7.91. The molecule has 0 saturated carbocycles. The van der Waals surface area contributed by atoms with Crippen molar-refractivity contribution in [1.29, 1.82) is 0 Å². The van der Waals surface area contributed by atoms with Crippen molar-refractivity contribution in [2.45, 2.75) is 37.9 Å². The van der Waals surface area contributed by atoms with Crippen LogP contribution in [0.5, 0.6) is 0 Å². The molecule has 2 aromatic rings. The number of hydrogen-bond acceptors (Lipinski definition) is 2. The van der Waals surface area contributed by atoms with E-state index in [1.54, 1.807) is 0 Å². The Morgan fingerprint density at radius 2 is 1.58 bits per heavy atom. The summed E-state index contributed by atoms with van der Waals surface area (Å²) in [4.78, 5) is 12.1. The lowest BCUT2D eigenvalue weighted by molar-refractivity contribution is -0.137. The Morgan fingerprint density at radius 1 is 1.00 bits per heavy atom. The Bertz CT molecular complexity index is 733. The first-order valence-electron chi connectivity index (χ1n) is 8.71. The highest BCUT2D eigenvalue weighted by Gasteiger charge is 2.29. The maximum absolute atomic E-state index is 12.6. The summed E-state index contributed by atoms with van der Waals surface area (Å²) < 4.78 is 37.7. The maximum Gasteiger partial charge on any atom is 0.416 e. The topological polar surface area (TPSA) is 41.1 Å². The summed E-state index contributed by atoms with van der Waals surface area (Å²) in [6.45, 7) is 0.876. The minimum Gasteiger partial charge on any atom is -0.325 e. The average Bonchev–Trinajstić information content (AvgIpc) is 3.15. The van der Waals surface area contributed by atoms with Gasteiger partial charge in [-0.1, -0.05) is 24.3 Å². The number of carbonyl (C=O) groups excluding carboxylic acids is 1. The van der Waals surface area contributed by atoms with E-state index in [1.165, 1.54) is 12.1 Å². The molecule has 3 rings (SSSR count). The normalized spacial score (nSPS) is 17.3. The van der Waals surface area contributed by atoms with Gasteiger partial charge in [0.2, 0.25) is 5.91 Å². The summed E-state index contributed by atoms with van der Waals surface area (Å²) in [6.07, 6.45) is -1.04. The van der Waals surface area contributed by atoms with E-state index in [2.05, 4.69) is 10.6 Å². The molecule has 1 saturated heterocycles. The van der Waals surface area contributed by atoms with Crippen LogP contribution in [-0.2, 0) is 23.8 Å². The third kappa shape index (κ3) is 4.85. The lowest BCUT2D eigenvalue weighted by Gasteiger charge is -2.11. The quantitative estimate of drug-likeness (QED) is 0.838. The zero-order valence-corrected chi connectivity index (χ0v) is 14.3. The smallest absolute Gasteiger partial charge is 0.325 e. The van der Waals surface area contributed by atoms with Crippen LogP contribution in [0.25, 0.3) is 0 Å². The Kier molecular flexibility index (Phi) is 5.61. The monoisotopic (exact) mass is 362 g/mol. The van der Waals surface area contributed by atoms with Crippen molar-refractivity contribution in [2.24, 2.45) is 0 Å². The molecule has 138 valence electrons. The van der Waals surface area contributed by atoms with Gasteiger partial charge in [0.1, 0.15) is 0 Å². The summed E-state index contributed by atoms with van der Waals surface area (Å²) in [6, 6.07) is 12.7. The molecule has 1 unspecified atom stereocenters. The molecule has 0 bridgehead atoms. The van der Waals surface area contributed by atoms with Crippen LogP contribution in [-0.4, -0.2) is 18.5 Å². The van der Waals surface area contributed by atoms with Gasteiger partial charge in [0.05, 0.1) is 11.6 Å². The zero-order chi connectivity index (χ0) is 18.6. The van der Waals surface area contributed by atoms with Crippen LogP contribution >= 0.6 is 0 Å². The minimum atomic E-state index is -4.30. The third-order valence-corrected chi connectivity index (χ3v) is 4.58. The first-order valence-corrected chi connectivity index (χ1v) is 8.71.